The minimum absolute atomic E-state index is 0.738. The lowest BCUT2D eigenvalue weighted by Crippen LogP contribution is -2.15. The van der Waals surface area contributed by atoms with E-state index in [2.05, 4.69) is 34.6 Å². The van der Waals surface area contributed by atoms with Crippen molar-refractivity contribution in [1.29, 1.82) is 0 Å². The van der Waals surface area contributed by atoms with Crippen LogP contribution in [0.25, 0.3) is 11.1 Å². The van der Waals surface area contributed by atoms with E-state index in [0.717, 1.165) is 23.9 Å². The number of aromatic nitrogens is 1. The molecule has 3 heteroatoms. The SMILES string of the molecule is COc1cncc(-c2cccc(CNC3CC3)c2)c1. The van der Waals surface area contributed by atoms with Crippen LogP contribution in [0.2, 0.25) is 0 Å². The summed E-state index contributed by atoms with van der Waals surface area (Å²) in [4.78, 5) is 4.21. The highest BCUT2D eigenvalue weighted by molar-refractivity contribution is 5.64. The average Bonchev–Trinajstić information content (AvgIpc) is 3.30. The Morgan fingerprint density at radius 2 is 2.11 bits per heavy atom. The second-order valence-electron chi connectivity index (χ2n) is 4.97. The van der Waals surface area contributed by atoms with Crippen LogP contribution < -0.4 is 10.1 Å². The number of nitrogens with zero attached hydrogens (tertiary/aromatic N) is 1. The molecule has 1 aromatic heterocycles. The molecule has 2 aromatic rings. The highest BCUT2D eigenvalue weighted by atomic mass is 16.5. The summed E-state index contributed by atoms with van der Waals surface area (Å²) in [5.74, 6) is 0.791. The maximum absolute atomic E-state index is 5.22. The number of hydrogen-bond donors (Lipinski definition) is 1. The molecule has 3 rings (SSSR count). The first kappa shape index (κ1) is 12.2. The summed E-state index contributed by atoms with van der Waals surface area (Å²) in [5, 5.41) is 3.53. The second kappa shape index (κ2) is 5.41. The normalized spacial score (nSPS) is 14.4. The number of pyridine rings is 1. The Balaban J connectivity index is 1.80. The van der Waals surface area contributed by atoms with Crippen LogP contribution in [-0.2, 0) is 6.54 Å². The van der Waals surface area contributed by atoms with Crippen molar-refractivity contribution in [3.63, 3.8) is 0 Å². The van der Waals surface area contributed by atoms with Crippen LogP contribution in [0.4, 0.5) is 0 Å². The summed E-state index contributed by atoms with van der Waals surface area (Å²) >= 11 is 0. The molecule has 0 spiro atoms. The van der Waals surface area contributed by atoms with E-state index in [1.165, 1.54) is 24.0 Å². The van der Waals surface area contributed by atoms with Gasteiger partial charge in [-0.3, -0.25) is 4.98 Å². The lowest BCUT2D eigenvalue weighted by Gasteiger charge is -2.07. The molecule has 1 aliphatic rings. The highest BCUT2D eigenvalue weighted by Gasteiger charge is 2.19. The molecule has 1 saturated carbocycles. The summed E-state index contributed by atoms with van der Waals surface area (Å²) in [6, 6.07) is 11.3. The molecule has 0 radical (unpaired) electrons. The standard InChI is InChI=1S/C16H18N2O/c1-19-16-8-14(10-17-11-16)13-4-2-3-12(7-13)9-18-15-5-6-15/h2-4,7-8,10-11,15,18H,5-6,9H2,1H3. The topological polar surface area (TPSA) is 34.1 Å². The number of hydrogen-bond acceptors (Lipinski definition) is 3. The Kier molecular flexibility index (Phi) is 3.47. The fourth-order valence-electron chi connectivity index (χ4n) is 2.10. The predicted octanol–water partition coefficient (Wildman–Crippen LogP) is 3.01. The highest BCUT2D eigenvalue weighted by Crippen LogP contribution is 2.24. The Bertz CT molecular complexity index is 564. The molecule has 0 aliphatic heterocycles. The number of rotatable bonds is 5. The van der Waals surface area contributed by atoms with E-state index in [4.69, 9.17) is 4.74 Å². The number of methoxy groups -OCH3 is 1. The molecule has 0 bridgehead atoms. The van der Waals surface area contributed by atoms with Crippen molar-refractivity contribution >= 4 is 0 Å². The Labute approximate surface area is 113 Å². The summed E-state index contributed by atoms with van der Waals surface area (Å²) in [5.41, 5.74) is 3.58. The molecule has 3 nitrogen and oxygen atoms in total. The molecular formula is C16H18N2O. The third-order valence-electron chi connectivity index (χ3n) is 3.38. The van der Waals surface area contributed by atoms with Crippen LogP contribution in [0.15, 0.2) is 42.7 Å². The van der Waals surface area contributed by atoms with E-state index < -0.39 is 0 Å². The number of ether oxygens (including phenoxy) is 1. The first-order valence-corrected chi connectivity index (χ1v) is 6.67. The lowest BCUT2D eigenvalue weighted by atomic mass is 10.0. The van der Waals surface area contributed by atoms with Gasteiger partial charge in [-0.2, -0.15) is 0 Å². The van der Waals surface area contributed by atoms with Gasteiger partial charge in [-0.05, 0) is 36.1 Å². The number of nitrogens with one attached hydrogen (secondary N) is 1. The Morgan fingerprint density at radius 3 is 2.89 bits per heavy atom. The minimum atomic E-state index is 0.738. The Morgan fingerprint density at radius 1 is 1.21 bits per heavy atom. The van der Waals surface area contributed by atoms with Crippen molar-refractivity contribution in [2.75, 3.05) is 7.11 Å². The zero-order valence-electron chi connectivity index (χ0n) is 11.1. The van der Waals surface area contributed by atoms with Crippen LogP contribution in [0, 0.1) is 0 Å². The maximum atomic E-state index is 5.22. The first-order valence-electron chi connectivity index (χ1n) is 6.67. The zero-order valence-corrected chi connectivity index (χ0v) is 11.1. The van der Waals surface area contributed by atoms with Crippen LogP contribution in [0.3, 0.4) is 0 Å². The molecule has 0 atom stereocenters. The van der Waals surface area contributed by atoms with Crippen molar-refractivity contribution in [3.8, 4) is 16.9 Å². The molecule has 1 aromatic carbocycles. The molecule has 1 N–H and O–H groups in total. The second-order valence-corrected chi connectivity index (χ2v) is 4.97. The van der Waals surface area contributed by atoms with E-state index in [9.17, 15) is 0 Å². The lowest BCUT2D eigenvalue weighted by molar-refractivity contribution is 0.413. The molecule has 1 aliphatic carbocycles. The van der Waals surface area contributed by atoms with Gasteiger partial charge in [0.15, 0.2) is 0 Å². The van der Waals surface area contributed by atoms with E-state index >= 15 is 0 Å². The summed E-state index contributed by atoms with van der Waals surface area (Å²) in [6.45, 7) is 0.940. The zero-order chi connectivity index (χ0) is 13.1. The summed E-state index contributed by atoms with van der Waals surface area (Å²) < 4.78 is 5.22. The van der Waals surface area contributed by atoms with Crippen LogP contribution in [0.5, 0.6) is 5.75 Å². The molecular weight excluding hydrogens is 236 g/mol. The van der Waals surface area contributed by atoms with Crippen molar-refractivity contribution in [2.24, 2.45) is 0 Å². The molecule has 0 amide bonds. The quantitative estimate of drug-likeness (QED) is 0.890. The van der Waals surface area contributed by atoms with Crippen molar-refractivity contribution in [1.82, 2.24) is 10.3 Å². The van der Waals surface area contributed by atoms with E-state index in [-0.39, 0.29) is 0 Å². The largest absolute Gasteiger partial charge is 0.495 e. The third kappa shape index (κ3) is 3.12. The monoisotopic (exact) mass is 254 g/mol. The smallest absolute Gasteiger partial charge is 0.137 e. The van der Waals surface area contributed by atoms with Gasteiger partial charge in [0.05, 0.1) is 13.3 Å². The van der Waals surface area contributed by atoms with Crippen molar-refractivity contribution in [2.45, 2.75) is 25.4 Å². The fraction of sp³-hybridized carbons (Fsp3) is 0.312. The maximum Gasteiger partial charge on any atom is 0.137 e. The van der Waals surface area contributed by atoms with E-state index in [1.54, 1.807) is 13.3 Å². The third-order valence-corrected chi connectivity index (χ3v) is 3.38. The van der Waals surface area contributed by atoms with Gasteiger partial charge in [0, 0.05) is 24.3 Å². The summed E-state index contributed by atoms with van der Waals surface area (Å²) in [7, 11) is 1.66. The molecule has 19 heavy (non-hydrogen) atoms. The number of benzene rings is 1. The van der Waals surface area contributed by atoms with Gasteiger partial charge in [0.25, 0.3) is 0 Å². The van der Waals surface area contributed by atoms with Crippen LogP contribution in [-0.4, -0.2) is 18.1 Å². The molecule has 1 fully saturated rings. The van der Waals surface area contributed by atoms with Gasteiger partial charge in [-0.15, -0.1) is 0 Å². The van der Waals surface area contributed by atoms with E-state index in [0.29, 0.717) is 0 Å². The minimum Gasteiger partial charge on any atom is -0.495 e. The Hall–Kier alpha value is -1.87. The van der Waals surface area contributed by atoms with Gasteiger partial charge in [-0.25, -0.2) is 0 Å². The van der Waals surface area contributed by atoms with Crippen LogP contribution >= 0.6 is 0 Å². The van der Waals surface area contributed by atoms with Gasteiger partial charge in [0.2, 0.25) is 0 Å². The van der Waals surface area contributed by atoms with Crippen molar-refractivity contribution in [3.05, 3.63) is 48.3 Å². The van der Waals surface area contributed by atoms with Crippen molar-refractivity contribution < 1.29 is 4.74 Å². The van der Waals surface area contributed by atoms with Gasteiger partial charge in [0.1, 0.15) is 5.75 Å². The van der Waals surface area contributed by atoms with Gasteiger partial charge in [-0.1, -0.05) is 18.2 Å². The van der Waals surface area contributed by atoms with Crippen LogP contribution in [0.1, 0.15) is 18.4 Å². The van der Waals surface area contributed by atoms with Gasteiger partial charge < -0.3 is 10.1 Å². The van der Waals surface area contributed by atoms with E-state index in [1.807, 2.05) is 12.3 Å². The predicted molar refractivity (Wildman–Crippen MR) is 76.1 cm³/mol. The molecule has 1 heterocycles. The first-order chi connectivity index (χ1) is 9.35. The average molecular weight is 254 g/mol. The molecule has 0 saturated heterocycles. The fourth-order valence-corrected chi connectivity index (χ4v) is 2.10. The van der Waals surface area contributed by atoms with Gasteiger partial charge >= 0.3 is 0 Å². The molecule has 98 valence electrons. The summed E-state index contributed by atoms with van der Waals surface area (Å²) in [6.07, 6.45) is 6.23. The molecule has 0 unspecified atom stereocenters.